The second-order valence-corrected chi connectivity index (χ2v) is 5.39. The minimum absolute atomic E-state index is 0.156. The van der Waals surface area contributed by atoms with Crippen LogP contribution in [0.3, 0.4) is 0 Å². The lowest BCUT2D eigenvalue weighted by molar-refractivity contribution is -0.155. The molecule has 5 nitrogen and oxygen atoms in total. The van der Waals surface area contributed by atoms with Crippen LogP contribution in [0.4, 0.5) is 0 Å². The summed E-state index contributed by atoms with van der Waals surface area (Å²) in [4.78, 5) is 11.6. The van der Waals surface area contributed by atoms with Gasteiger partial charge in [0.25, 0.3) is 0 Å². The van der Waals surface area contributed by atoms with E-state index in [0.29, 0.717) is 23.7 Å². The van der Waals surface area contributed by atoms with E-state index in [1.54, 1.807) is 18.2 Å². The van der Waals surface area contributed by atoms with E-state index in [4.69, 9.17) is 19.5 Å². The second kappa shape index (κ2) is 7.53. The maximum Gasteiger partial charge on any atom is 0.309 e. The van der Waals surface area contributed by atoms with E-state index >= 15 is 0 Å². The Balaban J connectivity index is 2.59. The van der Waals surface area contributed by atoms with Crippen molar-refractivity contribution in [1.29, 1.82) is 5.26 Å². The molecule has 1 aromatic carbocycles. The number of carbonyl (C=O) groups is 1. The van der Waals surface area contributed by atoms with Gasteiger partial charge >= 0.3 is 5.97 Å². The van der Waals surface area contributed by atoms with E-state index in [9.17, 15) is 4.79 Å². The number of hydrogen-bond acceptors (Lipinski definition) is 5. The second-order valence-electron chi connectivity index (χ2n) is 5.39. The zero-order valence-electron chi connectivity index (χ0n) is 12.9. The maximum atomic E-state index is 11.6. The summed E-state index contributed by atoms with van der Waals surface area (Å²) in [5.74, 6) is 0.703. The molecule has 0 unspecified atom stereocenters. The molecule has 0 spiro atoms. The normalized spacial score (nSPS) is 10.6. The molecule has 0 aliphatic heterocycles. The molecule has 0 bridgehead atoms. The topological polar surface area (TPSA) is 68.5 Å². The molecular formula is C16H21NO4. The predicted molar refractivity (Wildman–Crippen MR) is 78.3 cm³/mol. The molecule has 0 heterocycles. The highest BCUT2D eigenvalue weighted by Gasteiger charge is 2.16. The number of ether oxygens (including phenoxy) is 3. The van der Waals surface area contributed by atoms with E-state index in [-0.39, 0.29) is 19.0 Å². The molecule has 0 N–H and O–H groups in total. The van der Waals surface area contributed by atoms with Crippen LogP contribution in [0, 0.1) is 11.3 Å². The Morgan fingerprint density at radius 1 is 1.24 bits per heavy atom. The van der Waals surface area contributed by atoms with Gasteiger partial charge in [0.15, 0.2) is 11.5 Å². The molecule has 5 heteroatoms. The first-order valence-electron chi connectivity index (χ1n) is 6.87. The van der Waals surface area contributed by atoms with Gasteiger partial charge in [0.1, 0.15) is 5.60 Å². The fourth-order valence-corrected chi connectivity index (χ4v) is 1.60. The van der Waals surface area contributed by atoms with Crippen LogP contribution < -0.4 is 9.47 Å². The van der Waals surface area contributed by atoms with Crippen LogP contribution in [0.15, 0.2) is 18.2 Å². The summed E-state index contributed by atoms with van der Waals surface area (Å²) in [5.41, 5.74) is 0.0000879. The average molecular weight is 291 g/mol. The molecule has 0 aliphatic carbocycles. The highest BCUT2D eigenvalue weighted by atomic mass is 16.6. The van der Waals surface area contributed by atoms with E-state index in [0.717, 1.165) is 0 Å². The average Bonchev–Trinajstić information content (AvgIpc) is 2.38. The lowest BCUT2D eigenvalue weighted by Crippen LogP contribution is -2.24. The summed E-state index contributed by atoms with van der Waals surface area (Å²) < 4.78 is 16.2. The summed E-state index contributed by atoms with van der Waals surface area (Å²) >= 11 is 0. The molecule has 0 saturated carbocycles. The molecule has 21 heavy (non-hydrogen) atoms. The molecule has 0 saturated heterocycles. The molecule has 1 aromatic rings. The third kappa shape index (κ3) is 6.17. The Labute approximate surface area is 125 Å². The molecule has 0 aromatic heterocycles. The van der Waals surface area contributed by atoms with Crippen molar-refractivity contribution in [3.05, 3.63) is 23.8 Å². The summed E-state index contributed by atoms with van der Waals surface area (Å²) in [7, 11) is 0. The van der Waals surface area contributed by atoms with E-state index < -0.39 is 5.60 Å². The third-order valence-corrected chi connectivity index (χ3v) is 2.36. The fraction of sp³-hybridized carbons (Fsp3) is 0.500. The molecule has 0 aliphatic rings. The first-order chi connectivity index (χ1) is 9.85. The van der Waals surface area contributed by atoms with Crippen molar-refractivity contribution in [3.63, 3.8) is 0 Å². The third-order valence-electron chi connectivity index (χ3n) is 2.36. The number of carbonyl (C=O) groups excluding carboxylic acids is 1. The summed E-state index contributed by atoms with van der Waals surface area (Å²) in [6.07, 6.45) is 0.156. The first-order valence-corrected chi connectivity index (χ1v) is 6.87. The highest BCUT2D eigenvalue weighted by Crippen LogP contribution is 2.28. The Hall–Kier alpha value is -2.22. The first kappa shape index (κ1) is 16.8. The number of hydrogen-bond donors (Lipinski definition) is 0. The molecule has 0 fully saturated rings. The van der Waals surface area contributed by atoms with Crippen molar-refractivity contribution in [3.8, 4) is 17.6 Å². The number of nitrogens with zero attached hydrogens (tertiary/aromatic N) is 1. The predicted octanol–water partition coefficient (Wildman–Crippen LogP) is 3.07. The summed E-state index contributed by atoms with van der Waals surface area (Å²) in [6.45, 7) is 7.97. The van der Waals surface area contributed by atoms with Gasteiger partial charge in [-0.1, -0.05) is 0 Å². The Morgan fingerprint density at radius 2 is 1.95 bits per heavy atom. The summed E-state index contributed by atoms with van der Waals surface area (Å²) in [5, 5.41) is 8.87. The molecule has 0 atom stereocenters. The van der Waals surface area contributed by atoms with Gasteiger partial charge in [0.2, 0.25) is 0 Å². The minimum Gasteiger partial charge on any atom is -0.490 e. The zero-order valence-corrected chi connectivity index (χ0v) is 12.9. The molecule has 1 rings (SSSR count). The lowest BCUT2D eigenvalue weighted by atomic mass is 10.2. The minimum atomic E-state index is -0.498. The monoisotopic (exact) mass is 291 g/mol. The van der Waals surface area contributed by atoms with Gasteiger partial charge in [-0.25, -0.2) is 0 Å². The SMILES string of the molecule is CCOc1cc(C#N)ccc1OCCC(=O)OC(C)(C)C. The molecule has 0 radical (unpaired) electrons. The van der Waals surface area contributed by atoms with Gasteiger partial charge in [0, 0.05) is 6.07 Å². The van der Waals surface area contributed by atoms with Crippen molar-refractivity contribution >= 4 is 5.97 Å². The van der Waals surface area contributed by atoms with Crippen LogP contribution in [-0.2, 0) is 9.53 Å². The van der Waals surface area contributed by atoms with E-state index in [2.05, 4.69) is 0 Å². The smallest absolute Gasteiger partial charge is 0.309 e. The number of esters is 1. The highest BCUT2D eigenvalue weighted by molar-refractivity contribution is 5.70. The van der Waals surface area contributed by atoms with Crippen LogP contribution in [0.5, 0.6) is 11.5 Å². The van der Waals surface area contributed by atoms with Crippen LogP contribution in [0.1, 0.15) is 39.7 Å². The van der Waals surface area contributed by atoms with Crippen LogP contribution >= 0.6 is 0 Å². The fourth-order valence-electron chi connectivity index (χ4n) is 1.60. The van der Waals surface area contributed by atoms with Crippen molar-refractivity contribution in [2.75, 3.05) is 13.2 Å². The Morgan fingerprint density at radius 3 is 2.52 bits per heavy atom. The molecule has 114 valence electrons. The van der Waals surface area contributed by atoms with Crippen LogP contribution in [-0.4, -0.2) is 24.8 Å². The Bertz CT molecular complexity index is 526. The Kier molecular flexibility index (Phi) is 6.04. The van der Waals surface area contributed by atoms with Crippen molar-refractivity contribution in [2.24, 2.45) is 0 Å². The van der Waals surface area contributed by atoms with Crippen molar-refractivity contribution in [1.82, 2.24) is 0 Å². The van der Waals surface area contributed by atoms with Gasteiger partial charge in [0.05, 0.1) is 31.3 Å². The summed E-state index contributed by atoms with van der Waals surface area (Å²) in [6, 6.07) is 6.97. The zero-order chi connectivity index (χ0) is 15.9. The van der Waals surface area contributed by atoms with Gasteiger partial charge in [-0.2, -0.15) is 5.26 Å². The largest absolute Gasteiger partial charge is 0.490 e. The maximum absolute atomic E-state index is 11.6. The quantitative estimate of drug-likeness (QED) is 0.753. The van der Waals surface area contributed by atoms with Gasteiger partial charge in [-0.15, -0.1) is 0 Å². The van der Waals surface area contributed by atoms with Crippen molar-refractivity contribution in [2.45, 2.75) is 39.7 Å². The van der Waals surface area contributed by atoms with Gasteiger partial charge < -0.3 is 14.2 Å². The van der Waals surface area contributed by atoms with Crippen molar-refractivity contribution < 1.29 is 19.0 Å². The number of rotatable bonds is 6. The molecule has 0 amide bonds. The number of nitriles is 1. The molecular weight excluding hydrogens is 270 g/mol. The van der Waals surface area contributed by atoms with Gasteiger partial charge in [-0.05, 0) is 39.8 Å². The van der Waals surface area contributed by atoms with E-state index in [1.807, 2.05) is 33.8 Å². The number of benzene rings is 1. The standard InChI is InChI=1S/C16H21NO4/c1-5-19-14-10-12(11-17)6-7-13(14)20-9-8-15(18)21-16(2,3)4/h6-7,10H,5,8-9H2,1-4H3. The van der Waals surface area contributed by atoms with E-state index in [1.165, 1.54) is 0 Å². The van der Waals surface area contributed by atoms with Crippen LogP contribution in [0.2, 0.25) is 0 Å². The van der Waals surface area contributed by atoms with Gasteiger partial charge in [-0.3, -0.25) is 4.79 Å². The lowest BCUT2D eigenvalue weighted by Gasteiger charge is -2.19. The van der Waals surface area contributed by atoms with Crippen LogP contribution in [0.25, 0.3) is 0 Å².